The van der Waals surface area contributed by atoms with Crippen molar-refractivity contribution in [2.24, 2.45) is 5.73 Å². The summed E-state index contributed by atoms with van der Waals surface area (Å²) in [5.41, 5.74) is 6.17. The van der Waals surface area contributed by atoms with Crippen LogP contribution in [-0.2, 0) is 5.88 Å². The van der Waals surface area contributed by atoms with E-state index in [1.165, 1.54) is 11.5 Å². The number of rotatable bonds is 2. The normalized spacial score (nSPS) is 12.0. The van der Waals surface area contributed by atoms with Crippen LogP contribution >= 0.6 is 23.1 Å². The van der Waals surface area contributed by atoms with Gasteiger partial charge in [-0.1, -0.05) is 0 Å². The molecule has 1 heterocycles. The lowest BCUT2D eigenvalue weighted by atomic mass is 10.5. The molecular formula is C6H8ClN3S. The maximum atomic E-state index is 5.51. The summed E-state index contributed by atoms with van der Waals surface area (Å²) >= 11 is 6.81. The Morgan fingerprint density at radius 2 is 2.55 bits per heavy atom. The average Bonchev–Trinajstić information content (AvgIpc) is 2.34. The van der Waals surface area contributed by atoms with Gasteiger partial charge in [0, 0.05) is 5.70 Å². The number of allylic oxidation sites excluding steroid dienone is 1. The highest BCUT2D eigenvalue weighted by molar-refractivity contribution is 7.06. The third kappa shape index (κ3) is 2.48. The molecular weight excluding hydrogens is 182 g/mol. The van der Waals surface area contributed by atoms with E-state index < -0.39 is 0 Å². The lowest BCUT2D eigenvalue weighted by molar-refractivity contribution is 1.12. The average molecular weight is 190 g/mol. The van der Waals surface area contributed by atoms with Gasteiger partial charge in [0.25, 0.3) is 0 Å². The Morgan fingerprint density at radius 1 is 1.82 bits per heavy atom. The van der Waals surface area contributed by atoms with Gasteiger partial charge in [-0.25, -0.2) is 4.98 Å². The molecule has 0 aliphatic rings. The third-order valence-electron chi connectivity index (χ3n) is 0.954. The van der Waals surface area contributed by atoms with E-state index in [2.05, 4.69) is 9.36 Å². The van der Waals surface area contributed by atoms with E-state index >= 15 is 0 Å². The number of alkyl halides is 1. The molecule has 0 atom stereocenters. The second kappa shape index (κ2) is 3.69. The standard InChI is InChI=1S/C6H8ClN3S/c1-4(8)2-6-9-5(3-7)10-11-6/h2H,3,8H2,1H3/b4-2+. The van der Waals surface area contributed by atoms with Gasteiger partial charge < -0.3 is 5.73 Å². The molecule has 0 saturated heterocycles. The molecule has 11 heavy (non-hydrogen) atoms. The van der Waals surface area contributed by atoms with Gasteiger partial charge in [0.05, 0.1) is 5.88 Å². The predicted octanol–water partition coefficient (Wildman–Crippen LogP) is 1.60. The van der Waals surface area contributed by atoms with Crippen molar-refractivity contribution in [2.75, 3.05) is 0 Å². The van der Waals surface area contributed by atoms with Gasteiger partial charge in [-0.2, -0.15) is 4.37 Å². The molecule has 5 heteroatoms. The molecule has 0 amide bonds. The fraction of sp³-hybridized carbons (Fsp3) is 0.333. The van der Waals surface area contributed by atoms with Crippen molar-refractivity contribution in [1.29, 1.82) is 0 Å². The van der Waals surface area contributed by atoms with Crippen LogP contribution in [0.4, 0.5) is 0 Å². The van der Waals surface area contributed by atoms with Gasteiger partial charge in [-0.05, 0) is 24.5 Å². The number of hydrogen-bond donors (Lipinski definition) is 1. The van der Waals surface area contributed by atoms with E-state index in [1.807, 2.05) is 6.92 Å². The zero-order valence-corrected chi connectivity index (χ0v) is 7.61. The van der Waals surface area contributed by atoms with E-state index in [0.717, 1.165) is 10.7 Å². The molecule has 0 aliphatic heterocycles. The molecule has 0 spiro atoms. The highest BCUT2D eigenvalue weighted by atomic mass is 35.5. The zero-order valence-electron chi connectivity index (χ0n) is 6.04. The maximum absolute atomic E-state index is 5.51. The minimum atomic E-state index is 0.355. The number of nitrogens with two attached hydrogens (primary N) is 1. The Balaban J connectivity index is 2.81. The number of hydrogen-bond acceptors (Lipinski definition) is 4. The van der Waals surface area contributed by atoms with E-state index in [-0.39, 0.29) is 0 Å². The number of nitrogens with zero attached hydrogens (tertiary/aromatic N) is 2. The molecule has 0 radical (unpaired) electrons. The summed E-state index contributed by atoms with van der Waals surface area (Å²) in [6, 6.07) is 0. The summed E-state index contributed by atoms with van der Waals surface area (Å²) in [5, 5.41) is 0.806. The Hall–Kier alpha value is -0.610. The van der Waals surface area contributed by atoms with E-state index in [0.29, 0.717) is 11.7 Å². The van der Waals surface area contributed by atoms with Gasteiger partial charge >= 0.3 is 0 Å². The van der Waals surface area contributed by atoms with Crippen LogP contribution in [0.2, 0.25) is 0 Å². The maximum Gasteiger partial charge on any atom is 0.157 e. The van der Waals surface area contributed by atoms with Crippen LogP contribution in [0.3, 0.4) is 0 Å². The lowest BCUT2D eigenvalue weighted by Gasteiger charge is -1.84. The third-order valence-corrected chi connectivity index (χ3v) is 1.89. The van der Waals surface area contributed by atoms with Gasteiger partial charge in [0.1, 0.15) is 5.01 Å². The summed E-state index contributed by atoms with van der Waals surface area (Å²) in [7, 11) is 0. The second-order valence-corrected chi connectivity index (χ2v) is 3.12. The Morgan fingerprint density at radius 3 is 3.00 bits per heavy atom. The molecule has 3 nitrogen and oxygen atoms in total. The SMILES string of the molecule is C/C(N)=C\c1nc(CCl)ns1. The van der Waals surface area contributed by atoms with Crippen molar-refractivity contribution in [3.05, 3.63) is 16.5 Å². The van der Waals surface area contributed by atoms with Gasteiger partial charge in [0.2, 0.25) is 0 Å². The fourth-order valence-electron chi connectivity index (χ4n) is 0.575. The smallest absolute Gasteiger partial charge is 0.157 e. The molecule has 60 valence electrons. The fourth-order valence-corrected chi connectivity index (χ4v) is 1.45. The van der Waals surface area contributed by atoms with Crippen molar-refractivity contribution < 1.29 is 0 Å². The topological polar surface area (TPSA) is 51.8 Å². The van der Waals surface area contributed by atoms with Crippen LogP contribution in [0.1, 0.15) is 17.8 Å². The molecule has 1 rings (SSSR count). The van der Waals surface area contributed by atoms with Gasteiger partial charge in [-0.3, -0.25) is 0 Å². The number of aromatic nitrogens is 2. The first-order valence-electron chi connectivity index (χ1n) is 3.04. The summed E-state index contributed by atoms with van der Waals surface area (Å²) in [6.45, 7) is 1.81. The Kier molecular flexibility index (Phi) is 2.84. The van der Waals surface area contributed by atoms with Crippen LogP contribution in [0, 0.1) is 0 Å². The van der Waals surface area contributed by atoms with Crippen molar-refractivity contribution in [1.82, 2.24) is 9.36 Å². The molecule has 0 unspecified atom stereocenters. The Bertz CT molecular complexity index is 265. The zero-order chi connectivity index (χ0) is 8.27. The van der Waals surface area contributed by atoms with Crippen molar-refractivity contribution in [2.45, 2.75) is 12.8 Å². The molecule has 1 aromatic rings. The van der Waals surface area contributed by atoms with E-state index in [1.54, 1.807) is 6.08 Å². The minimum Gasteiger partial charge on any atom is -0.402 e. The number of halogens is 1. The minimum absolute atomic E-state index is 0.355. The first-order valence-corrected chi connectivity index (χ1v) is 4.35. The summed E-state index contributed by atoms with van der Waals surface area (Å²) in [6.07, 6.45) is 1.77. The molecule has 0 bridgehead atoms. The highest BCUT2D eigenvalue weighted by Crippen LogP contribution is 2.08. The van der Waals surface area contributed by atoms with Crippen molar-refractivity contribution >= 4 is 29.2 Å². The van der Waals surface area contributed by atoms with Crippen molar-refractivity contribution in [3.63, 3.8) is 0 Å². The van der Waals surface area contributed by atoms with Crippen LogP contribution < -0.4 is 5.73 Å². The van der Waals surface area contributed by atoms with E-state index in [4.69, 9.17) is 17.3 Å². The van der Waals surface area contributed by atoms with Gasteiger partial charge in [-0.15, -0.1) is 11.6 Å². The van der Waals surface area contributed by atoms with Crippen LogP contribution in [0.25, 0.3) is 6.08 Å². The second-order valence-electron chi connectivity index (χ2n) is 2.07. The molecule has 2 N–H and O–H groups in total. The molecule has 0 fully saturated rings. The molecule has 0 aliphatic carbocycles. The predicted molar refractivity (Wildman–Crippen MR) is 47.3 cm³/mol. The largest absolute Gasteiger partial charge is 0.402 e. The van der Waals surface area contributed by atoms with E-state index in [9.17, 15) is 0 Å². The van der Waals surface area contributed by atoms with Crippen LogP contribution in [0.5, 0.6) is 0 Å². The molecule has 1 aromatic heterocycles. The quantitative estimate of drug-likeness (QED) is 0.719. The lowest BCUT2D eigenvalue weighted by Crippen LogP contribution is -1.89. The molecule has 0 saturated carbocycles. The summed E-state index contributed by atoms with van der Waals surface area (Å²) in [4.78, 5) is 4.09. The van der Waals surface area contributed by atoms with Crippen molar-refractivity contribution in [3.8, 4) is 0 Å². The van der Waals surface area contributed by atoms with Crippen LogP contribution in [0.15, 0.2) is 5.70 Å². The van der Waals surface area contributed by atoms with Gasteiger partial charge in [0.15, 0.2) is 5.82 Å². The van der Waals surface area contributed by atoms with Crippen LogP contribution in [-0.4, -0.2) is 9.36 Å². The highest BCUT2D eigenvalue weighted by Gasteiger charge is 1.98. The monoisotopic (exact) mass is 189 g/mol. The summed E-state index contributed by atoms with van der Waals surface area (Å²) < 4.78 is 3.99. The molecule has 0 aromatic carbocycles. The first kappa shape index (κ1) is 8.49. The Labute approximate surface area is 74.1 Å². The summed E-state index contributed by atoms with van der Waals surface area (Å²) in [5.74, 6) is 1.01. The first-order chi connectivity index (χ1) is 5.22.